The molecule has 3 aromatic rings. The van der Waals surface area contributed by atoms with E-state index in [0.29, 0.717) is 5.56 Å². The van der Waals surface area contributed by atoms with Crippen LogP contribution in [0, 0.1) is 11.3 Å². The van der Waals surface area contributed by atoms with Crippen molar-refractivity contribution in [3.63, 3.8) is 0 Å². The van der Waals surface area contributed by atoms with Gasteiger partial charge in [0.2, 0.25) is 0 Å². The van der Waals surface area contributed by atoms with Crippen molar-refractivity contribution in [3.05, 3.63) is 60.6 Å². The number of aromatic nitrogens is 4. The van der Waals surface area contributed by atoms with Crippen LogP contribution in [0.3, 0.4) is 0 Å². The predicted molar refractivity (Wildman–Crippen MR) is 98.6 cm³/mol. The second-order valence-electron chi connectivity index (χ2n) is 6.01. The van der Waals surface area contributed by atoms with E-state index in [0.717, 1.165) is 49.1 Å². The van der Waals surface area contributed by atoms with Crippen molar-refractivity contribution in [2.45, 2.75) is 0 Å². The number of nitriles is 1. The van der Waals surface area contributed by atoms with Gasteiger partial charge in [-0.05, 0) is 36.4 Å². The average molecular weight is 343 g/mol. The molecule has 0 spiro atoms. The maximum Gasteiger partial charge on any atom is 0.151 e. The molecule has 0 saturated carbocycles. The fraction of sp³-hybridized carbons (Fsp3) is 0.211. The van der Waals surface area contributed by atoms with Gasteiger partial charge in [-0.15, -0.1) is 10.2 Å². The zero-order chi connectivity index (χ0) is 17.8. The minimum atomic E-state index is 0.634. The van der Waals surface area contributed by atoms with Crippen LogP contribution in [0.4, 0.5) is 11.6 Å². The molecule has 0 bridgehead atoms. The molecule has 7 heteroatoms. The van der Waals surface area contributed by atoms with E-state index in [9.17, 15) is 0 Å². The summed E-state index contributed by atoms with van der Waals surface area (Å²) in [5.74, 6) is 1.72. The van der Waals surface area contributed by atoms with Gasteiger partial charge in [0.25, 0.3) is 0 Å². The molecule has 3 aromatic heterocycles. The molecule has 26 heavy (non-hydrogen) atoms. The number of hydrogen-bond donors (Lipinski definition) is 0. The van der Waals surface area contributed by atoms with Crippen molar-refractivity contribution in [1.29, 1.82) is 5.26 Å². The van der Waals surface area contributed by atoms with Gasteiger partial charge in [0.05, 0.1) is 17.3 Å². The lowest BCUT2D eigenvalue weighted by Gasteiger charge is -2.35. The van der Waals surface area contributed by atoms with Gasteiger partial charge < -0.3 is 9.80 Å². The van der Waals surface area contributed by atoms with Gasteiger partial charge in [0, 0.05) is 50.3 Å². The third-order valence-corrected chi connectivity index (χ3v) is 4.41. The van der Waals surface area contributed by atoms with Crippen LogP contribution in [-0.2, 0) is 0 Å². The molecule has 1 saturated heterocycles. The normalized spacial score (nSPS) is 14.1. The van der Waals surface area contributed by atoms with Gasteiger partial charge in [0.1, 0.15) is 5.82 Å². The lowest BCUT2D eigenvalue weighted by molar-refractivity contribution is 0.638. The maximum absolute atomic E-state index is 9.03. The molecule has 4 rings (SSSR count). The van der Waals surface area contributed by atoms with Gasteiger partial charge in [-0.2, -0.15) is 5.26 Å². The highest BCUT2D eigenvalue weighted by molar-refractivity contribution is 5.58. The van der Waals surface area contributed by atoms with E-state index in [-0.39, 0.29) is 0 Å². The van der Waals surface area contributed by atoms with Crippen molar-refractivity contribution in [2.75, 3.05) is 36.0 Å². The van der Waals surface area contributed by atoms with Crippen LogP contribution in [0.1, 0.15) is 5.56 Å². The lowest BCUT2D eigenvalue weighted by Crippen LogP contribution is -2.47. The van der Waals surface area contributed by atoms with E-state index in [2.05, 4.69) is 36.0 Å². The van der Waals surface area contributed by atoms with Crippen LogP contribution in [0.25, 0.3) is 11.3 Å². The Balaban J connectivity index is 1.42. The first-order valence-corrected chi connectivity index (χ1v) is 8.44. The van der Waals surface area contributed by atoms with Gasteiger partial charge in [-0.3, -0.25) is 4.98 Å². The number of anilines is 2. The largest absolute Gasteiger partial charge is 0.353 e. The van der Waals surface area contributed by atoms with Crippen molar-refractivity contribution < 1.29 is 0 Å². The standard InChI is InChI=1S/C19H17N7/c20-13-15-5-7-22-19(12-15)26-10-8-25(9-11-26)18-4-3-17(23-24-18)16-2-1-6-21-14-16/h1-7,12,14H,8-11H2. The molecule has 0 aromatic carbocycles. The minimum Gasteiger partial charge on any atom is -0.353 e. The van der Waals surface area contributed by atoms with Gasteiger partial charge >= 0.3 is 0 Å². The van der Waals surface area contributed by atoms with Crippen LogP contribution in [0.2, 0.25) is 0 Å². The molecule has 0 N–H and O–H groups in total. The smallest absolute Gasteiger partial charge is 0.151 e. The highest BCUT2D eigenvalue weighted by atomic mass is 15.3. The van der Waals surface area contributed by atoms with Crippen LogP contribution < -0.4 is 9.80 Å². The summed E-state index contributed by atoms with van der Waals surface area (Å²) in [5, 5.41) is 17.7. The number of pyridine rings is 2. The Morgan fingerprint density at radius 1 is 0.885 bits per heavy atom. The first-order valence-electron chi connectivity index (χ1n) is 8.44. The third kappa shape index (κ3) is 3.30. The fourth-order valence-electron chi connectivity index (χ4n) is 2.99. The molecule has 1 aliphatic heterocycles. The van der Waals surface area contributed by atoms with Crippen molar-refractivity contribution in [2.24, 2.45) is 0 Å². The van der Waals surface area contributed by atoms with Gasteiger partial charge in [-0.1, -0.05) is 0 Å². The third-order valence-electron chi connectivity index (χ3n) is 4.41. The summed E-state index contributed by atoms with van der Waals surface area (Å²) in [6.45, 7) is 3.32. The molecule has 1 aliphatic rings. The van der Waals surface area contributed by atoms with E-state index in [1.165, 1.54) is 0 Å². The number of nitrogens with zero attached hydrogens (tertiary/aromatic N) is 7. The molecule has 4 heterocycles. The summed E-state index contributed by atoms with van der Waals surface area (Å²) in [6, 6.07) is 13.5. The SMILES string of the molecule is N#Cc1ccnc(N2CCN(c3ccc(-c4cccnc4)nn3)CC2)c1. The van der Waals surface area contributed by atoms with Crippen molar-refractivity contribution in [3.8, 4) is 17.3 Å². The highest BCUT2D eigenvalue weighted by Crippen LogP contribution is 2.20. The first-order chi connectivity index (χ1) is 12.8. The molecule has 0 radical (unpaired) electrons. The summed E-state index contributed by atoms with van der Waals surface area (Å²) in [4.78, 5) is 12.9. The predicted octanol–water partition coefficient (Wildman–Crippen LogP) is 2.13. The molecule has 128 valence electrons. The molecular weight excluding hydrogens is 326 g/mol. The molecule has 0 unspecified atom stereocenters. The van der Waals surface area contributed by atoms with Gasteiger partial charge in [0.15, 0.2) is 5.82 Å². The summed E-state index contributed by atoms with van der Waals surface area (Å²) in [7, 11) is 0. The maximum atomic E-state index is 9.03. The Labute approximate surface area is 151 Å². The Morgan fingerprint density at radius 3 is 2.35 bits per heavy atom. The number of piperazine rings is 1. The van der Waals surface area contributed by atoms with E-state index in [4.69, 9.17) is 5.26 Å². The first kappa shape index (κ1) is 16.0. The van der Waals surface area contributed by atoms with Crippen LogP contribution in [0.15, 0.2) is 55.0 Å². The zero-order valence-electron chi connectivity index (χ0n) is 14.2. The topological polar surface area (TPSA) is 81.8 Å². The Bertz CT molecular complexity index is 911. The Hall–Kier alpha value is -3.53. The molecule has 0 atom stereocenters. The van der Waals surface area contributed by atoms with Crippen molar-refractivity contribution >= 4 is 11.6 Å². The summed E-state index contributed by atoms with van der Waals surface area (Å²) in [6.07, 6.45) is 5.21. The second-order valence-corrected chi connectivity index (χ2v) is 6.01. The Morgan fingerprint density at radius 2 is 1.69 bits per heavy atom. The molecule has 7 nitrogen and oxygen atoms in total. The molecular formula is C19H17N7. The second kappa shape index (κ2) is 7.15. The fourth-order valence-corrected chi connectivity index (χ4v) is 2.99. The Kier molecular flexibility index (Phi) is 4.39. The summed E-state index contributed by atoms with van der Waals surface area (Å²) in [5.41, 5.74) is 2.41. The van der Waals surface area contributed by atoms with E-state index < -0.39 is 0 Å². The van der Waals surface area contributed by atoms with Crippen LogP contribution in [-0.4, -0.2) is 46.3 Å². The molecule has 0 aliphatic carbocycles. The quantitative estimate of drug-likeness (QED) is 0.720. The van der Waals surface area contributed by atoms with E-state index in [1.54, 1.807) is 24.7 Å². The summed E-state index contributed by atoms with van der Waals surface area (Å²) >= 11 is 0. The lowest BCUT2D eigenvalue weighted by atomic mass is 10.2. The highest BCUT2D eigenvalue weighted by Gasteiger charge is 2.19. The van der Waals surface area contributed by atoms with Crippen molar-refractivity contribution in [1.82, 2.24) is 20.2 Å². The zero-order valence-corrected chi connectivity index (χ0v) is 14.2. The monoisotopic (exact) mass is 343 g/mol. The molecule has 0 amide bonds. The average Bonchev–Trinajstić information content (AvgIpc) is 2.75. The summed E-state index contributed by atoms with van der Waals surface area (Å²) < 4.78 is 0. The van der Waals surface area contributed by atoms with E-state index in [1.807, 2.05) is 30.3 Å². The minimum absolute atomic E-state index is 0.634. The van der Waals surface area contributed by atoms with Crippen LogP contribution >= 0.6 is 0 Å². The van der Waals surface area contributed by atoms with E-state index >= 15 is 0 Å². The number of rotatable bonds is 3. The molecule has 1 fully saturated rings. The van der Waals surface area contributed by atoms with Crippen LogP contribution in [0.5, 0.6) is 0 Å². The van der Waals surface area contributed by atoms with Gasteiger partial charge in [-0.25, -0.2) is 4.98 Å². The number of hydrogen-bond acceptors (Lipinski definition) is 7.